The summed E-state index contributed by atoms with van der Waals surface area (Å²) in [5, 5.41) is 0. The van der Waals surface area contributed by atoms with Crippen molar-refractivity contribution >= 4 is 29.9 Å². The van der Waals surface area contributed by atoms with Gasteiger partial charge in [0.1, 0.15) is 12.1 Å². The van der Waals surface area contributed by atoms with E-state index in [-0.39, 0.29) is 24.2 Å². The highest BCUT2D eigenvalue weighted by molar-refractivity contribution is 6.00. The number of hydrogen-bond acceptors (Lipinski definition) is 3. The Morgan fingerprint density at radius 2 is 1.78 bits per heavy atom. The molecule has 144 valence electrons. The Hall–Kier alpha value is -2.37. The van der Waals surface area contributed by atoms with Crippen LogP contribution in [0.3, 0.4) is 0 Å². The van der Waals surface area contributed by atoms with Gasteiger partial charge in [-0.1, -0.05) is 48.0 Å². The number of amides is 2. The number of halogens is 1. The number of piperidine rings is 1. The van der Waals surface area contributed by atoms with Gasteiger partial charge in [0, 0.05) is 19.3 Å². The lowest BCUT2D eigenvalue weighted by atomic mass is 10.00. The maximum absolute atomic E-state index is 13.0. The van der Waals surface area contributed by atoms with Crippen molar-refractivity contribution in [2.75, 3.05) is 18.5 Å². The summed E-state index contributed by atoms with van der Waals surface area (Å²) in [6, 6.07) is 15.9. The number of nitrogens with zero attached hydrogens (tertiary/aromatic N) is 2. The molecule has 0 aliphatic carbocycles. The van der Waals surface area contributed by atoms with Crippen LogP contribution in [0.2, 0.25) is 0 Å². The minimum Gasteiger partial charge on any atom is -0.332 e. The zero-order chi connectivity index (χ0) is 18.7. The molecule has 0 bridgehead atoms. The van der Waals surface area contributed by atoms with E-state index in [1.54, 1.807) is 11.9 Å². The Labute approximate surface area is 166 Å². The molecule has 0 saturated carbocycles. The van der Waals surface area contributed by atoms with Crippen molar-refractivity contribution in [2.24, 2.45) is 5.73 Å². The first-order chi connectivity index (χ1) is 12.5. The monoisotopic (exact) mass is 387 g/mol. The van der Waals surface area contributed by atoms with Crippen molar-refractivity contribution in [2.45, 2.75) is 31.8 Å². The Bertz CT molecular complexity index is 780. The van der Waals surface area contributed by atoms with E-state index in [0.29, 0.717) is 13.0 Å². The number of rotatable bonds is 4. The first kappa shape index (κ1) is 20.9. The third-order valence-corrected chi connectivity index (χ3v) is 5.00. The minimum absolute atomic E-state index is 0. The average molecular weight is 388 g/mol. The molecule has 0 radical (unpaired) electrons. The van der Waals surface area contributed by atoms with Gasteiger partial charge in [-0.05, 0) is 37.5 Å². The van der Waals surface area contributed by atoms with Crippen LogP contribution in [0, 0.1) is 6.92 Å². The molecule has 1 fully saturated rings. The van der Waals surface area contributed by atoms with Gasteiger partial charge in [-0.2, -0.15) is 0 Å². The standard InChI is InChI=1S/C21H25N3O2.ClH/c1-15-10-12-16(13-11-15)19(22)21(26)23(2)18-9-6-14-24(20(18)25)17-7-4-3-5-8-17;/h3-5,7-8,10-13,18-19H,6,9,14,22H2,1-2H3;1H. The molecule has 2 amide bonds. The quantitative estimate of drug-likeness (QED) is 0.876. The van der Waals surface area contributed by atoms with E-state index in [2.05, 4.69) is 0 Å². The fourth-order valence-electron chi connectivity index (χ4n) is 3.37. The van der Waals surface area contributed by atoms with Gasteiger partial charge in [0.15, 0.2) is 0 Å². The molecule has 1 heterocycles. The molecule has 0 spiro atoms. The van der Waals surface area contributed by atoms with Crippen molar-refractivity contribution < 1.29 is 9.59 Å². The normalized spacial score (nSPS) is 17.8. The summed E-state index contributed by atoms with van der Waals surface area (Å²) < 4.78 is 0. The van der Waals surface area contributed by atoms with E-state index in [1.165, 1.54) is 4.90 Å². The van der Waals surface area contributed by atoms with Crippen LogP contribution < -0.4 is 10.6 Å². The summed E-state index contributed by atoms with van der Waals surface area (Å²) in [5.41, 5.74) is 8.91. The summed E-state index contributed by atoms with van der Waals surface area (Å²) in [6.45, 7) is 2.66. The third-order valence-electron chi connectivity index (χ3n) is 5.00. The highest BCUT2D eigenvalue weighted by Crippen LogP contribution is 2.24. The topological polar surface area (TPSA) is 66.6 Å². The van der Waals surface area contributed by atoms with Gasteiger partial charge >= 0.3 is 0 Å². The second-order valence-corrected chi connectivity index (χ2v) is 6.82. The largest absolute Gasteiger partial charge is 0.332 e. The lowest BCUT2D eigenvalue weighted by molar-refractivity contribution is -0.140. The number of benzene rings is 2. The molecular weight excluding hydrogens is 362 g/mol. The van der Waals surface area contributed by atoms with Gasteiger partial charge in [-0.3, -0.25) is 9.59 Å². The number of carbonyl (C=O) groups excluding carboxylic acids is 2. The van der Waals surface area contributed by atoms with Gasteiger partial charge < -0.3 is 15.5 Å². The molecule has 2 atom stereocenters. The highest BCUT2D eigenvalue weighted by Gasteiger charge is 2.36. The molecule has 0 aromatic heterocycles. The van der Waals surface area contributed by atoms with Gasteiger partial charge in [-0.25, -0.2) is 0 Å². The molecule has 2 unspecified atom stereocenters. The maximum Gasteiger partial charge on any atom is 0.249 e. The van der Waals surface area contributed by atoms with E-state index in [0.717, 1.165) is 23.2 Å². The summed E-state index contributed by atoms with van der Waals surface area (Å²) in [6.07, 6.45) is 1.51. The number of nitrogens with two attached hydrogens (primary N) is 1. The van der Waals surface area contributed by atoms with Crippen molar-refractivity contribution in [3.05, 3.63) is 65.7 Å². The molecule has 3 rings (SSSR count). The van der Waals surface area contributed by atoms with E-state index in [4.69, 9.17) is 5.73 Å². The second kappa shape index (κ2) is 9.02. The molecular formula is C21H26ClN3O2. The molecule has 2 N–H and O–H groups in total. The Balaban J connectivity index is 0.00000261. The number of likely N-dealkylation sites (N-methyl/N-ethyl adjacent to an activating group) is 1. The van der Waals surface area contributed by atoms with Crippen LogP contribution >= 0.6 is 12.4 Å². The van der Waals surface area contributed by atoms with Crippen molar-refractivity contribution in [1.29, 1.82) is 0 Å². The number of aryl methyl sites for hydroxylation is 1. The zero-order valence-electron chi connectivity index (χ0n) is 15.7. The third kappa shape index (κ3) is 4.49. The highest BCUT2D eigenvalue weighted by atomic mass is 35.5. The zero-order valence-corrected chi connectivity index (χ0v) is 16.5. The first-order valence-electron chi connectivity index (χ1n) is 8.94. The molecule has 27 heavy (non-hydrogen) atoms. The predicted octanol–water partition coefficient (Wildman–Crippen LogP) is 3.07. The minimum atomic E-state index is -0.763. The van der Waals surface area contributed by atoms with Crippen LogP contribution in [0.5, 0.6) is 0 Å². The van der Waals surface area contributed by atoms with Crippen LogP contribution in [0.1, 0.15) is 30.0 Å². The second-order valence-electron chi connectivity index (χ2n) is 6.82. The van der Waals surface area contributed by atoms with Gasteiger partial charge in [-0.15, -0.1) is 12.4 Å². The van der Waals surface area contributed by atoms with E-state index in [1.807, 2.05) is 61.5 Å². The predicted molar refractivity (Wildman–Crippen MR) is 110 cm³/mol. The summed E-state index contributed by atoms with van der Waals surface area (Å²) in [7, 11) is 1.67. The van der Waals surface area contributed by atoms with Crippen LogP contribution in [0.25, 0.3) is 0 Å². The molecule has 1 aliphatic rings. The number of para-hydroxylation sites is 1. The van der Waals surface area contributed by atoms with Gasteiger partial charge in [0.05, 0.1) is 0 Å². The van der Waals surface area contributed by atoms with Crippen LogP contribution in [-0.4, -0.2) is 36.3 Å². The molecule has 2 aromatic carbocycles. The Morgan fingerprint density at radius 3 is 2.41 bits per heavy atom. The molecule has 6 heteroatoms. The van der Waals surface area contributed by atoms with Crippen molar-refractivity contribution in [3.8, 4) is 0 Å². The van der Waals surface area contributed by atoms with Gasteiger partial charge in [0.2, 0.25) is 11.8 Å². The van der Waals surface area contributed by atoms with Crippen LogP contribution in [0.4, 0.5) is 5.69 Å². The number of carbonyl (C=O) groups is 2. The maximum atomic E-state index is 13.0. The Kier molecular flexibility index (Phi) is 6.99. The van der Waals surface area contributed by atoms with E-state index < -0.39 is 12.1 Å². The van der Waals surface area contributed by atoms with Crippen molar-refractivity contribution in [1.82, 2.24) is 4.90 Å². The molecule has 1 aliphatic heterocycles. The number of anilines is 1. The molecule has 1 saturated heterocycles. The Morgan fingerprint density at radius 1 is 1.15 bits per heavy atom. The average Bonchev–Trinajstić information content (AvgIpc) is 2.68. The lowest BCUT2D eigenvalue weighted by Gasteiger charge is -2.37. The van der Waals surface area contributed by atoms with Gasteiger partial charge in [0.25, 0.3) is 0 Å². The van der Waals surface area contributed by atoms with E-state index in [9.17, 15) is 9.59 Å². The van der Waals surface area contributed by atoms with Crippen LogP contribution in [0.15, 0.2) is 54.6 Å². The number of hydrogen-bond donors (Lipinski definition) is 1. The van der Waals surface area contributed by atoms with Crippen LogP contribution in [-0.2, 0) is 9.59 Å². The molecule has 2 aromatic rings. The lowest BCUT2D eigenvalue weighted by Crippen LogP contribution is -2.54. The fraction of sp³-hybridized carbons (Fsp3) is 0.333. The fourth-order valence-corrected chi connectivity index (χ4v) is 3.37. The van der Waals surface area contributed by atoms with Crippen molar-refractivity contribution in [3.63, 3.8) is 0 Å². The summed E-state index contributed by atoms with van der Waals surface area (Å²) >= 11 is 0. The SMILES string of the molecule is Cc1ccc(C(N)C(=O)N(C)C2CCCN(c3ccccc3)C2=O)cc1.Cl. The smallest absolute Gasteiger partial charge is 0.249 e. The summed E-state index contributed by atoms with van der Waals surface area (Å²) in [5.74, 6) is -0.281. The van der Waals surface area contributed by atoms with E-state index >= 15 is 0 Å². The summed E-state index contributed by atoms with van der Waals surface area (Å²) in [4.78, 5) is 29.1. The molecule has 5 nitrogen and oxygen atoms in total. The first-order valence-corrected chi connectivity index (χ1v) is 8.94.